The fourth-order valence-corrected chi connectivity index (χ4v) is 2.41. The van der Waals surface area contributed by atoms with Gasteiger partial charge in [-0.25, -0.2) is 4.68 Å². The van der Waals surface area contributed by atoms with Crippen LogP contribution in [-0.2, 0) is 0 Å². The molecule has 108 valence electrons. The predicted octanol–water partition coefficient (Wildman–Crippen LogP) is 3.65. The predicted molar refractivity (Wildman–Crippen MR) is 86.8 cm³/mol. The largest absolute Gasteiger partial charge is 0.394 e. The number of aryl methyl sites for hydroxylation is 1. The Labute approximate surface area is 123 Å². The van der Waals surface area contributed by atoms with Crippen LogP contribution in [0.5, 0.6) is 0 Å². The molecule has 3 rings (SSSR count). The van der Waals surface area contributed by atoms with E-state index in [0.717, 1.165) is 28.0 Å². The Morgan fingerprint density at radius 2 is 2.05 bits per heavy atom. The first kappa shape index (κ1) is 13.4. The summed E-state index contributed by atoms with van der Waals surface area (Å²) in [6, 6.07) is 8.34. The van der Waals surface area contributed by atoms with E-state index in [1.54, 1.807) is 6.20 Å². The number of hydrogen-bond donors (Lipinski definition) is 2. The molecule has 0 fully saturated rings. The zero-order chi connectivity index (χ0) is 15.0. The van der Waals surface area contributed by atoms with Crippen LogP contribution in [0.2, 0.25) is 0 Å². The molecule has 21 heavy (non-hydrogen) atoms. The summed E-state index contributed by atoms with van der Waals surface area (Å²) in [7, 11) is 0. The van der Waals surface area contributed by atoms with E-state index in [4.69, 9.17) is 5.73 Å². The summed E-state index contributed by atoms with van der Waals surface area (Å²) < 4.78 is 1.92. The van der Waals surface area contributed by atoms with Gasteiger partial charge in [-0.05, 0) is 38.3 Å². The van der Waals surface area contributed by atoms with Gasteiger partial charge in [-0.15, -0.1) is 0 Å². The summed E-state index contributed by atoms with van der Waals surface area (Å²) in [5.74, 6) is 0.832. The summed E-state index contributed by atoms with van der Waals surface area (Å²) in [5.41, 5.74) is 8.67. The minimum atomic E-state index is 0.233. The quantitative estimate of drug-likeness (QED) is 0.769. The molecule has 2 aromatic heterocycles. The second kappa shape index (κ2) is 5.09. The SMILES string of the molecule is Cc1nn(C(C)C)c(Nc2cccc3ccncc23)c1N. The normalized spacial score (nSPS) is 11.2. The summed E-state index contributed by atoms with van der Waals surface area (Å²) in [4.78, 5) is 4.21. The molecule has 0 atom stereocenters. The van der Waals surface area contributed by atoms with E-state index in [1.165, 1.54) is 0 Å². The Hall–Kier alpha value is -2.56. The van der Waals surface area contributed by atoms with E-state index in [-0.39, 0.29) is 6.04 Å². The van der Waals surface area contributed by atoms with Crippen LogP contribution < -0.4 is 11.1 Å². The number of pyridine rings is 1. The lowest BCUT2D eigenvalue weighted by atomic mass is 10.1. The fraction of sp³-hybridized carbons (Fsp3) is 0.250. The minimum absolute atomic E-state index is 0.233. The smallest absolute Gasteiger partial charge is 0.152 e. The van der Waals surface area contributed by atoms with Crippen molar-refractivity contribution in [2.45, 2.75) is 26.8 Å². The third kappa shape index (κ3) is 2.31. The van der Waals surface area contributed by atoms with E-state index >= 15 is 0 Å². The van der Waals surface area contributed by atoms with Crippen molar-refractivity contribution in [2.24, 2.45) is 0 Å². The molecule has 0 saturated carbocycles. The molecule has 0 unspecified atom stereocenters. The third-order valence-corrected chi connectivity index (χ3v) is 3.56. The first-order valence-corrected chi connectivity index (χ1v) is 7.02. The van der Waals surface area contributed by atoms with E-state index < -0.39 is 0 Å². The lowest BCUT2D eigenvalue weighted by molar-refractivity contribution is 0.536. The molecule has 0 spiro atoms. The van der Waals surface area contributed by atoms with Gasteiger partial charge in [-0.1, -0.05) is 12.1 Å². The molecule has 0 aliphatic heterocycles. The van der Waals surface area contributed by atoms with Gasteiger partial charge in [0.25, 0.3) is 0 Å². The highest BCUT2D eigenvalue weighted by molar-refractivity contribution is 5.95. The van der Waals surface area contributed by atoms with Gasteiger partial charge in [0.1, 0.15) is 0 Å². The van der Waals surface area contributed by atoms with Crippen molar-refractivity contribution in [1.82, 2.24) is 14.8 Å². The molecular weight excluding hydrogens is 262 g/mol. The Kier molecular flexibility index (Phi) is 3.25. The van der Waals surface area contributed by atoms with Gasteiger partial charge < -0.3 is 11.1 Å². The first-order valence-electron chi connectivity index (χ1n) is 7.02. The van der Waals surface area contributed by atoms with Gasteiger partial charge in [0.05, 0.1) is 11.4 Å². The Bertz CT molecular complexity index is 783. The van der Waals surface area contributed by atoms with E-state index in [9.17, 15) is 0 Å². The first-order chi connectivity index (χ1) is 10.1. The van der Waals surface area contributed by atoms with Crippen molar-refractivity contribution >= 4 is 28.0 Å². The second-order valence-electron chi connectivity index (χ2n) is 5.41. The molecule has 0 amide bonds. The van der Waals surface area contributed by atoms with Crippen molar-refractivity contribution < 1.29 is 0 Å². The van der Waals surface area contributed by atoms with Gasteiger partial charge in [-0.2, -0.15) is 5.10 Å². The number of nitrogens with one attached hydrogen (secondary N) is 1. The molecule has 0 saturated heterocycles. The number of benzene rings is 1. The molecule has 5 nitrogen and oxygen atoms in total. The Morgan fingerprint density at radius 1 is 1.24 bits per heavy atom. The van der Waals surface area contributed by atoms with E-state index in [0.29, 0.717) is 5.69 Å². The van der Waals surface area contributed by atoms with Gasteiger partial charge in [0.2, 0.25) is 0 Å². The monoisotopic (exact) mass is 281 g/mol. The highest BCUT2D eigenvalue weighted by Gasteiger charge is 2.15. The molecule has 3 aromatic rings. The average Bonchev–Trinajstić information content (AvgIpc) is 2.76. The molecule has 1 aromatic carbocycles. The van der Waals surface area contributed by atoms with Crippen LogP contribution in [0.15, 0.2) is 36.7 Å². The maximum atomic E-state index is 6.17. The molecule has 0 radical (unpaired) electrons. The van der Waals surface area contributed by atoms with E-state index in [1.807, 2.05) is 36.0 Å². The van der Waals surface area contributed by atoms with Crippen molar-refractivity contribution in [1.29, 1.82) is 0 Å². The molecule has 0 aliphatic carbocycles. The van der Waals surface area contributed by atoms with Crippen molar-refractivity contribution in [3.63, 3.8) is 0 Å². The zero-order valence-corrected chi connectivity index (χ0v) is 12.5. The average molecular weight is 281 g/mol. The summed E-state index contributed by atoms with van der Waals surface area (Å²) in [5, 5.41) is 10.1. The maximum Gasteiger partial charge on any atom is 0.152 e. The van der Waals surface area contributed by atoms with Crippen molar-refractivity contribution in [3.8, 4) is 0 Å². The van der Waals surface area contributed by atoms with Gasteiger partial charge in [-0.3, -0.25) is 4.98 Å². The molecular formula is C16H19N5. The van der Waals surface area contributed by atoms with Crippen LogP contribution in [0.3, 0.4) is 0 Å². The number of hydrogen-bond acceptors (Lipinski definition) is 4. The van der Waals surface area contributed by atoms with Crippen molar-refractivity contribution in [2.75, 3.05) is 11.1 Å². The molecule has 5 heteroatoms. The number of fused-ring (bicyclic) bond motifs is 1. The van der Waals surface area contributed by atoms with Gasteiger partial charge in [0, 0.05) is 29.5 Å². The second-order valence-corrected chi connectivity index (χ2v) is 5.41. The molecule has 3 N–H and O–H groups in total. The topological polar surface area (TPSA) is 68.8 Å². The summed E-state index contributed by atoms with van der Waals surface area (Å²) in [6.45, 7) is 6.09. The molecule has 0 aliphatic rings. The van der Waals surface area contributed by atoms with Crippen LogP contribution in [0.1, 0.15) is 25.6 Å². The highest BCUT2D eigenvalue weighted by Crippen LogP contribution is 2.31. The lowest BCUT2D eigenvalue weighted by Crippen LogP contribution is -2.08. The summed E-state index contributed by atoms with van der Waals surface area (Å²) >= 11 is 0. The molecule has 2 heterocycles. The number of rotatable bonds is 3. The fourth-order valence-electron chi connectivity index (χ4n) is 2.41. The number of nitrogens with zero attached hydrogens (tertiary/aromatic N) is 3. The van der Waals surface area contributed by atoms with Crippen LogP contribution >= 0.6 is 0 Å². The van der Waals surface area contributed by atoms with Crippen LogP contribution in [0.4, 0.5) is 17.2 Å². The van der Waals surface area contributed by atoms with E-state index in [2.05, 4.69) is 35.3 Å². The van der Waals surface area contributed by atoms with Gasteiger partial charge >= 0.3 is 0 Å². The van der Waals surface area contributed by atoms with Crippen LogP contribution in [0.25, 0.3) is 10.8 Å². The zero-order valence-electron chi connectivity index (χ0n) is 12.5. The number of nitrogen functional groups attached to an aromatic ring is 1. The van der Waals surface area contributed by atoms with Crippen molar-refractivity contribution in [3.05, 3.63) is 42.4 Å². The highest BCUT2D eigenvalue weighted by atomic mass is 15.4. The van der Waals surface area contributed by atoms with Crippen LogP contribution in [-0.4, -0.2) is 14.8 Å². The minimum Gasteiger partial charge on any atom is -0.394 e. The number of aromatic nitrogens is 3. The van der Waals surface area contributed by atoms with Gasteiger partial charge in [0.15, 0.2) is 5.82 Å². The third-order valence-electron chi connectivity index (χ3n) is 3.56. The Balaban J connectivity index is 2.11. The standard InChI is InChI=1S/C16H19N5/c1-10(2)21-16(15(17)11(3)20-21)19-14-6-4-5-12-7-8-18-9-13(12)14/h4-10,19H,17H2,1-3H3. The number of anilines is 3. The lowest BCUT2D eigenvalue weighted by Gasteiger charge is -2.14. The van der Waals surface area contributed by atoms with Crippen LogP contribution in [0, 0.1) is 6.92 Å². The Morgan fingerprint density at radius 3 is 2.81 bits per heavy atom. The molecule has 0 bridgehead atoms. The summed E-state index contributed by atoms with van der Waals surface area (Å²) in [6.07, 6.45) is 3.65. The number of nitrogens with two attached hydrogens (primary N) is 1. The maximum absolute atomic E-state index is 6.17.